The Kier molecular flexibility index (Phi) is 2.14. The van der Waals surface area contributed by atoms with Crippen LogP contribution < -0.4 is 5.32 Å². The van der Waals surface area contributed by atoms with Crippen LogP contribution in [0.15, 0.2) is 0 Å². The number of ether oxygens (including phenoxy) is 1. The van der Waals surface area contributed by atoms with E-state index in [2.05, 4.69) is 12.2 Å². The Balaban J connectivity index is 1.93. The van der Waals surface area contributed by atoms with E-state index in [-0.39, 0.29) is 0 Å². The first-order valence-electron chi connectivity index (χ1n) is 4.71. The van der Waals surface area contributed by atoms with Crippen LogP contribution in [0.4, 0.5) is 0 Å². The van der Waals surface area contributed by atoms with Gasteiger partial charge in [-0.1, -0.05) is 6.92 Å². The number of nitrogens with one attached hydrogen (secondary N) is 1. The zero-order chi connectivity index (χ0) is 7.68. The fourth-order valence-corrected chi connectivity index (χ4v) is 2.20. The Hall–Kier alpha value is -0.0800. The SMILES string of the molecule is CC1CC[C@H]2NCCO[C@@H]2C1. The third kappa shape index (κ3) is 1.57. The highest BCUT2D eigenvalue weighted by molar-refractivity contribution is 4.86. The fourth-order valence-electron chi connectivity index (χ4n) is 2.20. The summed E-state index contributed by atoms with van der Waals surface area (Å²) in [6.07, 6.45) is 4.47. The quantitative estimate of drug-likeness (QED) is 0.567. The molecule has 1 aliphatic heterocycles. The van der Waals surface area contributed by atoms with E-state index in [9.17, 15) is 0 Å². The van der Waals surface area contributed by atoms with Gasteiger partial charge in [0.1, 0.15) is 0 Å². The van der Waals surface area contributed by atoms with Crippen molar-refractivity contribution >= 4 is 0 Å². The molecule has 0 amide bonds. The summed E-state index contributed by atoms with van der Waals surface area (Å²) in [4.78, 5) is 0. The molecule has 3 atom stereocenters. The highest BCUT2D eigenvalue weighted by Crippen LogP contribution is 2.27. The molecular weight excluding hydrogens is 138 g/mol. The van der Waals surface area contributed by atoms with Gasteiger partial charge < -0.3 is 10.1 Å². The van der Waals surface area contributed by atoms with Crippen molar-refractivity contribution in [2.45, 2.75) is 38.3 Å². The zero-order valence-electron chi connectivity index (χ0n) is 7.18. The number of hydrogen-bond acceptors (Lipinski definition) is 2. The van der Waals surface area contributed by atoms with Gasteiger partial charge in [0.2, 0.25) is 0 Å². The lowest BCUT2D eigenvalue weighted by molar-refractivity contribution is -0.0349. The highest BCUT2D eigenvalue weighted by atomic mass is 16.5. The molecule has 2 fully saturated rings. The Morgan fingerprint density at radius 2 is 2.27 bits per heavy atom. The first-order valence-corrected chi connectivity index (χ1v) is 4.71. The van der Waals surface area contributed by atoms with E-state index in [1.54, 1.807) is 0 Å². The van der Waals surface area contributed by atoms with Crippen LogP contribution in [0.25, 0.3) is 0 Å². The second kappa shape index (κ2) is 3.11. The number of morpholine rings is 1. The van der Waals surface area contributed by atoms with Crippen molar-refractivity contribution in [3.8, 4) is 0 Å². The molecule has 64 valence electrons. The lowest BCUT2D eigenvalue weighted by Crippen LogP contribution is -2.51. The third-order valence-corrected chi connectivity index (χ3v) is 2.89. The van der Waals surface area contributed by atoms with Gasteiger partial charge >= 0.3 is 0 Å². The topological polar surface area (TPSA) is 21.3 Å². The van der Waals surface area contributed by atoms with Crippen LogP contribution in [-0.2, 0) is 4.74 Å². The minimum Gasteiger partial charge on any atom is -0.375 e. The Labute approximate surface area is 68.3 Å². The number of fused-ring (bicyclic) bond motifs is 1. The van der Waals surface area contributed by atoms with Crippen LogP contribution in [0.2, 0.25) is 0 Å². The number of rotatable bonds is 0. The lowest BCUT2D eigenvalue weighted by Gasteiger charge is -2.38. The first kappa shape index (κ1) is 7.56. The van der Waals surface area contributed by atoms with Crippen molar-refractivity contribution in [2.75, 3.05) is 13.2 Å². The van der Waals surface area contributed by atoms with Gasteiger partial charge in [0, 0.05) is 12.6 Å². The maximum atomic E-state index is 5.69. The molecule has 1 N–H and O–H groups in total. The molecular formula is C9H17NO. The maximum Gasteiger partial charge on any atom is 0.0731 e. The minimum atomic E-state index is 0.521. The van der Waals surface area contributed by atoms with Crippen LogP contribution in [0.3, 0.4) is 0 Å². The van der Waals surface area contributed by atoms with Crippen LogP contribution in [0.5, 0.6) is 0 Å². The Morgan fingerprint density at radius 3 is 3.18 bits per heavy atom. The standard InChI is InChI=1S/C9H17NO/c1-7-2-3-8-9(6-7)11-5-4-10-8/h7-10H,2-6H2,1H3/t7?,8-,9-/m1/s1. The van der Waals surface area contributed by atoms with Crippen LogP contribution in [0.1, 0.15) is 26.2 Å². The van der Waals surface area contributed by atoms with Gasteiger partial charge in [-0.3, -0.25) is 0 Å². The average molecular weight is 155 g/mol. The van der Waals surface area contributed by atoms with Crippen molar-refractivity contribution in [2.24, 2.45) is 5.92 Å². The molecule has 1 heterocycles. The fraction of sp³-hybridized carbons (Fsp3) is 1.00. The molecule has 0 aromatic heterocycles. The van der Waals surface area contributed by atoms with Crippen molar-refractivity contribution in [3.05, 3.63) is 0 Å². The first-order chi connectivity index (χ1) is 5.36. The second-order valence-corrected chi connectivity index (χ2v) is 3.89. The van der Waals surface area contributed by atoms with Gasteiger partial charge in [0.15, 0.2) is 0 Å². The van der Waals surface area contributed by atoms with E-state index >= 15 is 0 Å². The average Bonchev–Trinajstić information content (AvgIpc) is 2.04. The molecule has 1 unspecified atom stereocenters. The molecule has 0 bridgehead atoms. The second-order valence-electron chi connectivity index (χ2n) is 3.89. The molecule has 1 aliphatic carbocycles. The number of hydrogen-bond donors (Lipinski definition) is 1. The largest absolute Gasteiger partial charge is 0.375 e. The Bertz CT molecular complexity index is 138. The maximum absolute atomic E-state index is 5.69. The zero-order valence-corrected chi connectivity index (χ0v) is 7.18. The molecule has 2 aliphatic rings. The predicted octanol–water partition coefficient (Wildman–Crippen LogP) is 1.16. The van der Waals surface area contributed by atoms with Crippen molar-refractivity contribution in [1.82, 2.24) is 5.32 Å². The lowest BCUT2D eigenvalue weighted by atomic mass is 9.84. The van der Waals surface area contributed by atoms with Crippen LogP contribution in [-0.4, -0.2) is 25.3 Å². The molecule has 0 spiro atoms. The predicted molar refractivity (Wildman–Crippen MR) is 44.5 cm³/mol. The monoisotopic (exact) mass is 155 g/mol. The van der Waals surface area contributed by atoms with E-state index in [1.807, 2.05) is 0 Å². The normalized spacial score (nSPS) is 45.0. The summed E-state index contributed by atoms with van der Waals surface area (Å²) in [5.41, 5.74) is 0. The summed E-state index contributed by atoms with van der Waals surface area (Å²) in [7, 11) is 0. The van der Waals surface area contributed by atoms with Crippen LogP contribution >= 0.6 is 0 Å². The van der Waals surface area contributed by atoms with Crippen molar-refractivity contribution in [3.63, 3.8) is 0 Å². The van der Waals surface area contributed by atoms with E-state index in [0.717, 1.165) is 19.1 Å². The molecule has 0 aromatic carbocycles. The summed E-state index contributed by atoms with van der Waals surface area (Å²) >= 11 is 0. The van der Waals surface area contributed by atoms with E-state index in [0.29, 0.717) is 12.1 Å². The van der Waals surface area contributed by atoms with Gasteiger partial charge in [-0.25, -0.2) is 0 Å². The molecule has 2 heteroatoms. The van der Waals surface area contributed by atoms with Crippen molar-refractivity contribution in [1.29, 1.82) is 0 Å². The van der Waals surface area contributed by atoms with E-state index < -0.39 is 0 Å². The van der Waals surface area contributed by atoms with Gasteiger partial charge in [-0.05, 0) is 25.2 Å². The molecule has 2 nitrogen and oxygen atoms in total. The molecule has 0 radical (unpaired) electrons. The Morgan fingerprint density at radius 1 is 1.36 bits per heavy atom. The minimum absolute atomic E-state index is 0.521. The van der Waals surface area contributed by atoms with Crippen molar-refractivity contribution < 1.29 is 4.74 Å². The molecule has 1 saturated heterocycles. The molecule has 1 saturated carbocycles. The molecule has 2 rings (SSSR count). The summed E-state index contributed by atoms with van der Waals surface area (Å²) in [6, 6.07) is 0.667. The van der Waals surface area contributed by atoms with Crippen LogP contribution in [0, 0.1) is 5.92 Å². The van der Waals surface area contributed by atoms with Gasteiger partial charge in [-0.15, -0.1) is 0 Å². The smallest absolute Gasteiger partial charge is 0.0731 e. The van der Waals surface area contributed by atoms with Gasteiger partial charge in [-0.2, -0.15) is 0 Å². The molecule has 11 heavy (non-hydrogen) atoms. The summed E-state index contributed by atoms with van der Waals surface area (Å²) in [5, 5.41) is 3.52. The summed E-state index contributed by atoms with van der Waals surface area (Å²) < 4.78 is 5.69. The highest BCUT2D eigenvalue weighted by Gasteiger charge is 2.30. The summed E-state index contributed by atoms with van der Waals surface area (Å²) in [6.45, 7) is 4.29. The van der Waals surface area contributed by atoms with E-state index in [1.165, 1.54) is 19.3 Å². The van der Waals surface area contributed by atoms with Gasteiger partial charge in [0.05, 0.1) is 12.7 Å². The third-order valence-electron chi connectivity index (χ3n) is 2.89. The molecule has 0 aromatic rings. The van der Waals surface area contributed by atoms with E-state index in [4.69, 9.17) is 4.74 Å². The summed E-state index contributed by atoms with van der Waals surface area (Å²) in [5.74, 6) is 0.871. The van der Waals surface area contributed by atoms with Gasteiger partial charge in [0.25, 0.3) is 0 Å².